The third-order valence-electron chi connectivity index (χ3n) is 1.66. The smallest absolute Gasteiger partial charge is 0.280 e. The molecule has 2 N–H and O–H groups in total. The van der Waals surface area contributed by atoms with Crippen molar-refractivity contribution < 1.29 is 8.78 Å². The zero-order valence-corrected chi connectivity index (χ0v) is 9.12. The Bertz CT molecular complexity index is 387. The van der Waals surface area contributed by atoms with E-state index in [9.17, 15) is 8.78 Å². The van der Waals surface area contributed by atoms with E-state index in [-0.39, 0.29) is 17.7 Å². The van der Waals surface area contributed by atoms with Crippen LogP contribution in [0.3, 0.4) is 0 Å². The summed E-state index contributed by atoms with van der Waals surface area (Å²) in [4.78, 5) is 3.66. The molecule has 14 heavy (non-hydrogen) atoms. The van der Waals surface area contributed by atoms with E-state index in [1.165, 1.54) is 6.07 Å². The molecule has 0 aromatic carbocycles. The lowest BCUT2D eigenvalue weighted by molar-refractivity contribution is 0.144. The molecule has 0 bridgehead atoms. The second kappa shape index (κ2) is 4.61. The lowest BCUT2D eigenvalue weighted by atomic mass is 10.1. The summed E-state index contributed by atoms with van der Waals surface area (Å²) in [5.74, 6) is 0. The van der Waals surface area contributed by atoms with Crippen molar-refractivity contribution in [3.8, 4) is 6.07 Å². The van der Waals surface area contributed by atoms with Gasteiger partial charge in [-0.05, 0) is 28.7 Å². The number of aromatic nitrogens is 1. The first-order valence-electron chi connectivity index (χ1n) is 3.67. The zero-order valence-electron chi connectivity index (χ0n) is 6.97. The Hall–Kier alpha value is -0.810. The van der Waals surface area contributed by atoms with Crippen molar-refractivity contribution in [3.05, 3.63) is 26.6 Å². The van der Waals surface area contributed by atoms with Crippen LogP contribution in [0.2, 0.25) is 0 Å². The average Bonchev–Trinajstić information content (AvgIpc) is 2.16. The fraction of sp³-hybridized carbons (Fsp3) is 0.250. The molecular weight excluding hydrogens is 303 g/mol. The maximum absolute atomic E-state index is 12.5. The number of hydrogen-bond donors (Lipinski definition) is 1. The minimum Gasteiger partial charge on any atom is -0.326 e. The fourth-order valence-electron chi connectivity index (χ4n) is 1.05. The minimum atomic E-state index is -2.70. The predicted molar refractivity (Wildman–Crippen MR) is 54.5 cm³/mol. The molecule has 1 heterocycles. The number of alkyl halides is 2. The van der Waals surface area contributed by atoms with Crippen LogP contribution in [0.15, 0.2) is 6.07 Å². The van der Waals surface area contributed by atoms with Gasteiger partial charge in [-0.15, -0.1) is 0 Å². The highest BCUT2D eigenvalue weighted by Gasteiger charge is 2.18. The second-order valence-corrected chi connectivity index (χ2v) is 3.58. The molecule has 6 heteroatoms. The van der Waals surface area contributed by atoms with Gasteiger partial charge in [-0.2, -0.15) is 5.26 Å². The molecule has 0 amide bonds. The number of halogens is 3. The number of nitriles is 1. The van der Waals surface area contributed by atoms with Gasteiger partial charge in [-0.25, -0.2) is 13.8 Å². The Morgan fingerprint density at radius 1 is 1.64 bits per heavy atom. The molecule has 0 saturated heterocycles. The summed E-state index contributed by atoms with van der Waals surface area (Å²) < 4.78 is 25.3. The summed E-state index contributed by atoms with van der Waals surface area (Å²) in [5, 5.41) is 8.70. The van der Waals surface area contributed by atoms with Gasteiger partial charge in [0.15, 0.2) is 0 Å². The van der Waals surface area contributed by atoms with Crippen molar-refractivity contribution in [2.24, 2.45) is 5.73 Å². The Balaban J connectivity index is 3.41. The summed E-state index contributed by atoms with van der Waals surface area (Å²) in [6, 6.07) is 3.26. The maximum atomic E-state index is 12.5. The minimum absolute atomic E-state index is 0.105. The summed E-state index contributed by atoms with van der Waals surface area (Å²) >= 11 is 1.78. The molecule has 0 unspecified atom stereocenters. The van der Waals surface area contributed by atoms with Gasteiger partial charge in [-0.3, -0.25) is 0 Å². The van der Waals surface area contributed by atoms with E-state index in [1.807, 2.05) is 6.07 Å². The Morgan fingerprint density at radius 3 is 2.71 bits per heavy atom. The van der Waals surface area contributed by atoms with Crippen LogP contribution in [-0.2, 0) is 6.54 Å². The van der Waals surface area contributed by atoms with E-state index in [0.29, 0.717) is 3.70 Å². The molecule has 3 nitrogen and oxygen atoms in total. The number of rotatable bonds is 2. The van der Waals surface area contributed by atoms with Gasteiger partial charge >= 0.3 is 0 Å². The van der Waals surface area contributed by atoms with Crippen LogP contribution in [0.4, 0.5) is 8.78 Å². The molecule has 74 valence electrons. The first-order valence-corrected chi connectivity index (χ1v) is 4.75. The van der Waals surface area contributed by atoms with Crippen LogP contribution in [0, 0.1) is 15.0 Å². The normalized spacial score (nSPS) is 10.3. The Kier molecular flexibility index (Phi) is 3.71. The monoisotopic (exact) mass is 309 g/mol. The van der Waals surface area contributed by atoms with Crippen LogP contribution >= 0.6 is 22.6 Å². The second-order valence-electron chi connectivity index (χ2n) is 2.47. The highest BCUT2D eigenvalue weighted by Crippen LogP contribution is 2.24. The third kappa shape index (κ3) is 2.16. The van der Waals surface area contributed by atoms with Crippen molar-refractivity contribution in [3.63, 3.8) is 0 Å². The van der Waals surface area contributed by atoms with Crippen molar-refractivity contribution >= 4 is 22.6 Å². The van der Waals surface area contributed by atoms with Gasteiger partial charge in [0.25, 0.3) is 6.43 Å². The lowest BCUT2D eigenvalue weighted by Gasteiger charge is -2.08. The average molecular weight is 309 g/mol. The van der Waals surface area contributed by atoms with Gasteiger partial charge in [0, 0.05) is 12.1 Å². The van der Waals surface area contributed by atoms with Gasteiger partial charge < -0.3 is 5.73 Å². The first kappa shape index (κ1) is 11.3. The molecule has 0 radical (unpaired) electrons. The largest absolute Gasteiger partial charge is 0.326 e. The summed E-state index contributed by atoms with van der Waals surface area (Å²) in [6.45, 7) is -0.105. The van der Waals surface area contributed by atoms with Crippen molar-refractivity contribution in [2.75, 3.05) is 0 Å². The molecule has 0 fully saturated rings. The van der Waals surface area contributed by atoms with E-state index in [1.54, 1.807) is 22.6 Å². The fourth-order valence-corrected chi connectivity index (χ4v) is 1.63. The molecule has 1 aromatic rings. The van der Waals surface area contributed by atoms with Gasteiger partial charge in [0.1, 0.15) is 9.39 Å². The molecule has 0 saturated carbocycles. The molecular formula is C8H6F2IN3. The predicted octanol–water partition coefficient (Wildman–Crippen LogP) is 1.95. The molecule has 1 aromatic heterocycles. The third-order valence-corrected chi connectivity index (χ3v) is 2.21. The highest BCUT2D eigenvalue weighted by molar-refractivity contribution is 14.1. The first-order chi connectivity index (χ1) is 6.60. The molecule has 0 aliphatic carbocycles. The molecule has 1 rings (SSSR count). The lowest BCUT2D eigenvalue weighted by Crippen LogP contribution is -2.08. The van der Waals surface area contributed by atoms with Crippen LogP contribution in [-0.4, -0.2) is 4.98 Å². The summed E-state index contributed by atoms with van der Waals surface area (Å²) in [5.41, 5.74) is 5.19. The Labute approximate surface area is 93.1 Å². The SMILES string of the molecule is N#Cc1cc(I)nc(C(F)F)c1CN. The maximum Gasteiger partial charge on any atom is 0.280 e. The van der Waals surface area contributed by atoms with Crippen LogP contribution in [0.25, 0.3) is 0 Å². The molecule has 0 spiro atoms. The molecule has 0 atom stereocenters. The van der Waals surface area contributed by atoms with Crippen molar-refractivity contribution in [1.29, 1.82) is 5.26 Å². The summed E-state index contributed by atoms with van der Waals surface area (Å²) in [6.07, 6.45) is -2.70. The number of pyridine rings is 1. The number of nitrogens with two attached hydrogens (primary N) is 1. The van der Waals surface area contributed by atoms with Crippen LogP contribution in [0.5, 0.6) is 0 Å². The number of nitrogens with zero attached hydrogens (tertiary/aromatic N) is 2. The topological polar surface area (TPSA) is 62.7 Å². The summed E-state index contributed by atoms with van der Waals surface area (Å²) in [7, 11) is 0. The van der Waals surface area contributed by atoms with Gasteiger partial charge in [0.2, 0.25) is 0 Å². The molecule has 0 aliphatic heterocycles. The van der Waals surface area contributed by atoms with Crippen molar-refractivity contribution in [2.45, 2.75) is 13.0 Å². The quantitative estimate of drug-likeness (QED) is 0.671. The van der Waals surface area contributed by atoms with Crippen LogP contribution < -0.4 is 5.73 Å². The van der Waals surface area contributed by atoms with E-state index in [0.717, 1.165) is 0 Å². The van der Waals surface area contributed by atoms with E-state index < -0.39 is 12.1 Å². The molecule has 0 aliphatic rings. The Morgan fingerprint density at radius 2 is 2.29 bits per heavy atom. The number of hydrogen-bond acceptors (Lipinski definition) is 3. The van der Waals surface area contributed by atoms with Gasteiger partial charge in [-0.1, -0.05) is 0 Å². The van der Waals surface area contributed by atoms with Gasteiger partial charge in [0.05, 0.1) is 11.6 Å². The van der Waals surface area contributed by atoms with E-state index >= 15 is 0 Å². The zero-order chi connectivity index (χ0) is 10.7. The highest BCUT2D eigenvalue weighted by atomic mass is 127. The van der Waals surface area contributed by atoms with Crippen LogP contribution in [0.1, 0.15) is 23.2 Å². The standard InChI is InChI=1S/C8H6F2IN3/c9-8(10)7-5(3-13)4(2-12)1-6(11)14-7/h1,8H,3,13H2. The van der Waals surface area contributed by atoms with Crippen molar-refractivity contribution in [1.82, 2.24) is 4.98 Å². The van der Waals surface area contributed by atoms with E-state index in [4.69, 9.17) is 11.0 Å². The van der Waals surface area contributed by atoms with E-state index in [2.05, 4.69) is 4.98 Å².